The Hall–Kier alpha value is 0.270. The lowest BCUT2D eigenvalue weighted by atomic mass is 10.0. The van der Waals surface area contributed by atoms with Crippen LogP contribution in [0.3, 0.4) is 0 Å². The Balaban J connectivity index is 1.71. The van der Waals surface area contributed by atoms with Crippen molar-refractivity contribution < 1.29 is 0 Å². The highest BCUT2D eigenvalue weighted by molar-refractivity contribution is 7.99. The summed E-state index contributed by atoms with van der Waals surface area (Å²) < 4.78 is 0. The maximum Gasteiger partial charge on any atom is 0.0191 e. The van der Waals surface area contributed by atoms with Crippen molar-refractivity contribution >= 4 is 11.8 Å². The number of nitrogens with zero attached hydrogens (tertiary/aromatic N) is 1. The van der Waals surface area contributed by atoms with Crippen molar-refractivity contribution in [2.75, 3.05) is 38.2 Å². The van der Waals surface area contributed by atoms with Gasteiger partial charge in [0.15, 0.2) is 0 Å². The van der Waals surface area contributed by atoms with E-state index in [2.05, 4.69) is 29.0 Å². The lowest BCUT2D eigenvalue weighted by molar-refractivity contribution is 0.186. The van der Waals surface area contributed by atoms with E-state index in [0.29, 0.717) is 0 Å². The fraction of sp³-hybridized carbons (Fsp3) is 1.00. The molecule has 2 aliphatic rings. The Morgan fingerprint density at radius 3 is 2.83 bits per heavy atom. The Morgan fingerprint density at radius 1 is 1.50 bits per heavy atom. The maximum absolute atomic E-state index is 3.33. The first-order valence-electron chi connectivity index (χ1n) is 4.85. The lowest BCUT2D eigenvalue weighted by Crippen LogP contribution is -2.49. The van der Waals surface area contributed by atoms with Crippen molar-refractivity contribution in [3.63, 3.8) is 0 Å². The van der Waals surface area contributed by atoms with Crippen LogP contribution in [0.25, 0.3) is 0 Å². The molecule has 0 aromatic heterocycles. The summed E-state index contributed by atoms with van der Waals surface area (Å²) in [6.07, 6.45) is 1.40. The van der Waals surface area contributed by atoms with Crippen LogP contribution in [-0.4, -0.2) is 49.1 Å². The molecule has 3 heteroatoms. The van der Waals surface area contributed by atoms with Gasteiger partial charge in [-0.2, -0.15) is 11.8 Å². The molecule has 2 heterocycles. The summed E-state index contributed by atoms with van der Waals surface area (Å²) in [4.78, 5) is 2.56. The third kappa shape index (κ3) is 1.95. The predicted octanol–water partition coefficient (Wildman–Crippen LogP) is 0.643. The zero-order valence-electron chi connectivity index (χ0n) is 7.75. The van der Waals surface area contributed by atoms with Gasteiger partial charge in [-0.3, -0.25) is 0 Å². The highest BCUT2D eigenvalue weighted by Gasteiger charge is 2.24. The van der Waals surface area contributed by atoms with E-state index in [4.69, 9.17) is 0 Å². The van der Waals surface area contributed by atoms with Gasteiger partial charge in [0.1, 0.15) is 0 Å². The monoisotopic (exact) mass is 186 g/mol. The van der Waals surface area contributed by atoms with Gasteiger partial charge in [-0.05, 0) is 25.1 Å². The van der Waals surface area contributed by atoms with E-state index in [0.717, 1.165) is 12.0 Å². The molecule has 0 spiro atoms. The van der Waals surface area contributed by atoms with E-state index in [1.54, 1.807) is 0 Å². The predicted molar refractivity (Wildman–Crippen MR) is 54.7 cm³/mol. The summed E-state index contributed by atoms with van der Waals surface area (Å²) in [6.45, 7) is 3.78. The van der Waals surface area contributed by atoms with Gasteiger partial charge in [-0.15, -0.1) is 0 Å². The van der Waals surface area contributed by atoms with Gasteiger partial charge >= 0.3 is 0 Å². The van der Waals surface area contributed by atoms with Crippen molar-refractivity contribution in [2.24, 2.45) is 5.92 Å². The lowest BCUT2D eigenvalue weighted by Gasteiger charge is -2.33. The molecule has 1 unspecified atom stereocenters. The van der Waals surface area contributed by atoms with Gasteiger partial charge in [0.25, 0.3) is 0 Å². The molecule has 1 N–H and O–H groups in total. The summed E-state index contributed by atoms with van der Waals surface area (Å²) >= 11 is 2.11. The van der Waals surface area contributed by atoms with E-state index in [1.807, 2.05) is 0 Å². The van der Waals surface area contributed by atoms with Crippen molar-refractivity contribution in [3.8, 4) is 0 Å². The number of nitrogens with one attached hydrogen (secondary N) is 1. The van der Waals surface area contributed by atoms with Crippen LogP contribution >= 0.6 is 11.8 Å². The molecule has 12 heavy (non-hydrogen) atoms. The number of hydrogen-bond donors (Lipinski definition) is 1. The zero-order chi connectivity index (χ0) is 8.39. The molecule has 2 fully saturated rings. The SMILES string of the molecule is CN(CC1CNC1)C1CCSC1. The molecule has 2 saturated heterocycles. The number of rotatable bonds is 3. The molecule has 0 bridgehead atoms. The van der Waals surface area contributed by atoms with Crippen molar-refractivity contribution in [1.82, 2.24) is 10.2 Å². The van der Waals surface area contributed by atoms with E-state index in [-0.39, 0.29) is 0 Å². The van der Waals surface area contributed by atoms with E-state index >= 15 is 0 Å². The summed E-state index contributed by atoms with van der Waals surface area (Å²) in [5.41, 5.74) is 0. The summed E-state index contributed by atoms with van der Waals surface area (Å²) in [5, 5.41) is 3.33. The van der Waals surface area contributed by atoms with Gasteiger partial charge in [-0.1, -0.05) is 0 Å². The van der Waals surface area contributed by atoms with Gasteiger partial charge < -0.3 is 10.2 Å². The highest BCUT2D eigenvalue weighted by atomic mass is 32.2. The average molecular weight is 186 g/mol. The molecule has 0 amide bonds. The van der Waals surface area contributed by atoms with E-state index < -0.39 is 0 Å². The van der Waals surface area contributed by atoms with Gasteiger partial charge in [0.05, 0.1) is 0 Å². The minimum absolute atomic E-state index is 0.871. The van der Waals surface area contributed by atoms with Crippen LogP contribution in [0.15, 0.2) is 0 Å². The second-order valence-electron chi connectivity index (χ2n) is 3.98. The van der Waals surface area contributed by atoms with Crippen molar-refractivity contribution in [1.29, 1.82) is 0 Å². The second-order valence-corrected chi connectivity index (χ2v) is 5.13. The Morgan fingerprint density at radius 2 is 2.33 bits per heavy atom. The van der Waals surface area contributed by atoms with Crippen LogP contribution in [-0.2, 0) is 0 Å². The molecule has 0 radical (unpaired) electrons. The maximum atomic E-state index is 3.33. The van der Waals surface area contributed by atoms with Gasteiger partial charge in [-0.25, -0.2) is 0 Å². The molecule has 0 aromatic carbocycles. The number of thioether (sulfide) groups is 1. The minimum Gasteiger partial charge on any atom is -0.316 e. The number of hydrogen-bond acceptors (Lipinski definition) is 3. The van der Waals surface area contributed by atoms with Crippen molar-refractivity contribution in [2.45, 2.75) is 12.5 Å². The quantitative estimate of drug-likeness (QED) is 0.696. The Kier molecular flexibility index (Phi) is 2.94. The Labute approximate surface area is 79.1 Å². The molecule has 1 atom stereocenters. The van der Waals surface area contributed by atoms with Crippen molar-refractivity contribution in [3.05, 3.63) is 0 Å². The molecule has 0 saturated carbocycles. The zero-order valence-corrected chi connectivity index (χ0v) is 8.57. The molecule has 0 aromatic rings. The molecular formula is C9H18N2S. The molecule has 0 aliphatic carbocycles. The first-order chi connectivity index (χ1) is 5.86. The van der Waals surface area contributed by atoms with E-state index in [9.17, 15) is 0 Å². The average Bonchev–Trinajstić information content (AvgIpc) is 2.47. The summed E-state index contributed by atoms with van der Waals surface area (Å²) in [7, 11) is 2.29. The summed E-state index contributed by atoms with van der Waals surface area (Å²) in [6, 6.07) is 0.871. The normalized spacial score (nSPS) is 31.0. The fourth-order valence-electron chi connectivity index (χ4n) is 1.90. The fourth-order valence-corrected chi connectivity index (χ4v) is 3.20. The first kappa shape index (κ1) is 8.85. The molecule has 2 aliphatic heterocycles. The minimum atomic E-state index is 0.871. The first-order valence-corrected chi connectivity index (χ1v) is 6.00. The second kappa shape index (κ2) is 3.99. The topological polar surface area (TPSA) is 15.3 Å². The standard InChI is InChI=1S/C9H18N2S/c1-11(6-8-4-10-5-8)9-2-3-12-7-9/h8-10H,2-7H2,1H3. The summed E-state index contributed by atoms with van der Waals surface area (Å²) in [5.74, 6) is 3.66. The van der Waals surface area contributed by atoms with Crippen LogP contribution < -0.4 is 5.32 Å². The van der Waals surface area contributed by atoms with Crippen LogP contribution in [0.4, 0.5) is 0 Å². The Bertz CT molecular complexity index is 141. The molecular weight excluding hydrogens is 168 g/mol. The van der Waals surface area contributed by atoms with Crippen LogP contribution in [0.1, 0.15) is 6.42 Å². The van der Waals surface area contributed by atoms with E-state index in [1.165, 1.54) is 37.6 Å². The van der Waals surface area contributed by atoms with Crippen LogP contribution in [0, 0.1) is 5.92 Å². The molecule has 70 valence electrons. The largest absolute Gasteiger partial charge is 0.316 e. The third-order valence-corrected chi connectivity index (χ3v) is 4.09. The van der Waals surface area contributed by atoms with Crippen LogP contribution in [0.2, 0.25) is 0 Å². The smallest absolute Gasteiger partial charge is 0.0191 e. The highest BCUT2D eigenvalue weighted by Crippen LogP contribution is 2.22. The molecule has 2 rings (SSSR count). The van der Waals surface area contributed by atoms with Crippen LogP contribution in [0.5, 0.6) is 0 Å². The molecule has 2 nitrogen and oxygen atoms in total. The third-order valence-electron chi connectivity index (χ3n) is 2.94. The van der Waals surface area contributed by atoms with Gasteiger partial charge in [0.2, 0.25) is 0 Å². The van der Waals surface area contributed by atoms with Gasteiger partial charge in [0, 0.05) is 31.4 Å².